The van der Waals surface area contributed by atoms with Crippen molar-refractivity contribution in [1.82, 2.24) is 5.43 Å². The normalized spacial score (nSPS) is 14.5. The number of nitrogens with one attached hydrogen (secondary N) is 1. The number of amides is 1. The first kappa shape index (κ1) is 17.0. The number of aromatic hydroxyl groups is 1. The highest BCUT2D eigenvalue weighted by molar-refractivity contribution is 9.11. The van der Waals surface area contributed by atoms with Crippen molar-refractivity contribution < 1.29 is 14.3 Å². The molecule has 1 aromatic carbocycles. The average molecular weight is 457 g/mol. The van der Waals surface area contributed by atoms with E-state index in [4.69, 9.17) is 4.42 Å². The Morgan fingerprint density at radius 3 is 2.79 bits per heavy atom. The van der Waals surface area contributed by atoms with Crippen molar-refractivity contribution in [3.63, 3.8) is 0 Å². The molecular weight excluding hydrogens is 442 g/mol. The highest BCUT2D eigenvalue weighted by Crippen LogP contribution is 2.31. The molecule has 126 valence electrons. The zero-order valence-electron chi connectivity index (χ0n) is 12.6. The Balaban J connectivity index is 1.65. The lowest BCUT2D eigenvalue weighted by molar-refractivity contribution is 0.0952. The van der Waals surface area contributed by atoms with Crippen LogP contribution in [0.1, 0.15) is 29.0 Å². The molecule has 2 heterocycles. The fourth-order valence-electron chi connectivity index (χ4n) is 2.47. The summed E-state index contributed by atoms with van der Waals surface area (Å²) in [7, 11) is 0. The molecule has 0 radical (unpaired) electrons. The van der Waals surface area contributed by atoms with Crippen LogP contribution in [0.2, 0.25) is 0 Å². The summed E-state index contributed by atoms with van der Waals surface area (Å²) in [6, 6.07) is 6.86. The zero-order valence-corrected chi connectivity index (χ0v) is 15.8. The second kappa shape index (κ2) is 7.40. The molecular formula is C16H15Br2N3O3. The molecule has 1 amide bonds. The third-order valence-electron chi connectivity index (χ3n) is 3.66. The quantitative estimate of drug-likeness (QED) is 0.540. The van der Waals surface area contributed by atoms with Crippen molar-refractivity contribution in [2.45, 2.75) is 12.8 Å². The van der Waals surface area contributed by atoms with Crippen LogP contribution in [0.25, 0.3) is 0 Å². The van der Waals surface area contributed by atoms with Gasteiger partial charge in [-0.3, -0.25) is 4.79 Å². The van der Waals surface area contributed by atoms with E-state index in [0.717, 1.165) is 19.0 Å². The molecule has 0 saturated carbocycles. The van der Waals surface area contributed by atoms with Crippen LogP contribution in [0.3, 0.4) is 0 Å². The fourth-order valence-corrected chi connectivity index (χ4v) is 3.70. The number of nitrogens with zero attached hydrogens (tertiary/aromatic N) is 2. The van der Waals surface area contributed by atoms with Crippen molar-refractivity contribution >= 4 is 49.9 Å². The van der Waals surface area contributed by atoms with Gasteiger partial charge in [0.15, 0.2) is 5.88 Å². The molecule has 1 saturated heterocycles. The van der Waals surface area contributed by atoms with E-state index >= 15 is 0 Å². The van der Waals surface area contributed by atoms with Gasteiger partial charge in [0.2, 0.25) is 0 Å². The molecule has 0 unspecified atom stereocenters. The number of carbonyl (C=O) groups is 1. The minimum Gasteiger partial charge on any atom is -0.506 e. The monoisotopic (exact) mass is 455 g/mol. The van der Waals surface area contributed by atoms with E-state index in [9.17, 15) is 9.90 Å². The number of anilines is 1. The molecule has 1 fully saturated rings. The molecule has 0 atom stereocenters. The van der Waals surface area contributed by atoms with Gasteiger partial charge in [0.1, 0.15) is 11.5 Å². The molecule has 0 aliphatic carbocycles. The Kier molecular flexibility index (Phi) is 5.25. The van der Waals surface area contributed by atoms with Gasteiger partial charge >= 0.3 is 0 Å². The van der Waals surface area contributed by atoms with Gasteiger partial charge in [0.25, 0.3) is 5.91 Å². The Labute approximate surface area is 155 Å². The smallest absolute Gasteiger partial charge is 0.275 e. The number of carbonyl (C=O) groups excluding carboxylic acids is 1. The standard InChI is InChI=1S/C16H15Br2N3O3/c17-10-7-12(15(22)13(18)8-10)16(23)20-19-9-11-3-4-14(24-11)21-5-1-2-6-21/h3-4,7-9,22H,1-2,5-6H2,(H,20,23)/b19-9-. The Bertz CT molecular complexity index is 783. The molecule has 2 aromatic rings. The number of hydrogen-bond donors (Lipinski definition) is 2. The molecule has 3 rings (SSSR count). The lowest BCUT2D eigenvalue weighted by Gasteiger charge is -2.12. The van der Waals surface area contributed by atoms with Gasteiger partial charge in [-0.15, -0.1) is 0 Å². The second-order valence-electron chi connectivity index (χ2n) is 5.35. The summed E-state index contributed by atoms with van der Waals surface area (Å²) in [6.45, 7) is 2.00. The lowest BCUT2D eigenvalue weighted by atomic mass is 10.2. The molecule has 0 bridgehead atoms. The molecule has 1 aliphatic rings. The van der Waals surface area contributed by atoms with Gasteiger partial charge in [0, 0.05) is 23.6 Å². The van der Waals surface area contributed by atoms with Gasteiger partial charge in [-0.1, -0.05) is 15.9 Å². The molecule has 8 heteroatoms. The molecule has 6 nitrogen and oxygen atoms in total. The number of phenols is 1. The van der Waals surface area contributed by atoms with Crippen LogP contribution in [-0.2, 0) is 0 Å². The average Bonchev–Trinajstić information content (AvgIpc) is 3.21. The van der Waals surface area contributed by atoms with Crippen LogP contribution in [0.15, 0.2) is 42.7 Å². The van der Waals surface area contributed by atoms with Crippen LogP contribution in [0, 0.1) is 0 Å². The van der Waals surface area contributed by atoms with Crippen molar-refractivity contribution in [2.75, 3.05) is 18.0 Å². The molecule has 0 spiro atoms. The highest BCUT2D eigenvalue weighted by atomic mass is 79.9. The van der Waals surface area contributed by atoms with Crippen LogP contribution < -0.4 is 10.3 Å². The van der Waals surface area contributed by atoms with Crippen molar-refractivity contribution in [2.24, 2.45) is 5.10 Å². The largest absolute Gasteiger partial charge is 0.506 e. The maximum Gasteiger partial charge on any atom is 0.275 e. The summed E-state index contributed by atoms with van der Waals surface area (Å²) in [6.07, 6.45) is 3.78. The molecule has 1 aromatic heterocycles. The molecule has 2 N–H and O–H groups in total. The van der Waals surface area contributed by atoms with Gasteiger partial charge in [-0.25, -0.2) is 5.43 Å². The second-order valence-corrected chi connectivity index (χ2v) is 7.12. The first-order valence-corrected chi connectivity index (χ1v) is 8.99. The third kappa shape index (κ3) is 3.81. The van der Waals surface area contributed by atoms with E-state index in [2.05, 4.69) is 47.3 Å². The Morgan fingerprint density at radius 1 is 1.29 bits per heavy atom. The van der Waals surface area contributed by atoms with Gasteiger partial charge in [0.05, 0.1) is 16.3 Å². The van der Waals surface area contributed by atoms with Gasteiger partial charge in [-0.2, -0.15) is 5.10 Å². The van der Waals surface area contributed by atoms with E-state index < -0.39 is 5.91 Å². The summed E-state index contributed by atoms with van der Waals surface area (Å²) in [5.74, 6) is 0.711. The van der Waals surface area contributed by atoms with Crippen LogP contribution in [-0.4, -0.2) is 30.3 Å². The van der Waals surface area contributed by atoms with E-state index in [0.29, 0.717) is 14.7 Å². The van der Waals surface area contributed by atoms with Gasteiger partial charge < -0.3 is 14.4 Å². The maximum absolute atomic E-state index is 12.1. The Morgan fingerprint density at radius 2 is 2.04 bits per heavy atom. The number of furan rings is 1. The van der Waals surface area contributed by atoms with Crippen LogP contribution >= 0.6 is 31.9 Å². The first-order chi connectivity index (χ1) is 11.5. The predicted molar refractivity (Wildman–Crippen MR) is 98.7 cm³/mol. The van der Waals surface area contributed by atoms with Crippen molar-refractivity contribution in [3.8, 4) is 5.75 Å². The van der Waals surface area contributed by atoms with Crippen molar-refractivity contribution in [3.05, 3.63) is 44.5 Å². The summed E-state index contributed by atoms with van der Waals surface area (Å²) in [5, 5.41) is 13.8. The van der Waals surface area contributed by atoms with E-state index in [1.54, 1.807) is 12.1 Å². The lowest BCUT2D eigenvalue weighted by Crippen LogP contribution is -2.18. The SMILES string of the molecule is O=C(N/N=C\c1ccc(N2CCCC2)o1)c1cc(Br)cc(Br)c1O. The van der Waals surface area contributed by atoms with Gasteiger partial charge in [-0.05, 0) is 47.0 Å². The zero-order chi connectivity index (χ0) is 17.1. The summed E-state index contributed by atoms with van der Waals surface area (Å²) >= 11 is 6.46. The minimum atomic E-state index is -0.517. The van der Waals surface area contributed by atoms with E-state index in [1.807, 2.05) is 6.07 Å². The van der Waals surface area contributed by atoms with E-state index in [1.165, 1.54) is 25.1 Å². The van der Waals surface area contributed by atoms with Crippen LogP contribution in [0.4, 0.5) is 5.88 Å². The molecule has 24 heavy (non-hydrogen) atoms. The fraction of sp³-hybridized carbons (Fsp3) is 0.250. The molecule has 1 aliphatic heterocycles. The summed E-state index contributed by atoms with van der Waals surface area (Å²) in [5.41, 5.74) is 2.49. The summed E-state index contributed by atoms with van der Waals surface area (Å²) in [4.78, 5) is 14.3. The number of halogens is 2. The van der Waals surface area contributed by atoms with Crippen LogP contribution in [0.5, 0.6) is 5.75 Å². The topological polar surface area (TPSA) is 78.1 Å². The highest BCUT2D eigenvalue weighted by Gasteiger charge is 2.16. The van der Waals surface area contributed by atoms with E-state index in [-0.39, 0.29) is 11.3 Å². The number of benzene rings is 1. The number of hydrogen-bond acceptors (Lipinski definition) is 5. The number of phenolic OH excluding ortho intramolecular Hbond substituents is 1. The predicted octanol–water partition coefficient (Wildman–Crippen LogP) is 3.87. The Hall–Kier alpha value is -1.80. The third-order valence-corrected chi connectivity index (χ3v) is 4.72. The van der Waals surface area contributed by atoms with Crippen molar-refractivity contribution in [1.29, 1.82) is 0 Å². The minimum absolute atomic E-state index is 0.116. The number of rotatable bonds is 4. The number of hydrazone groups is 1. The summed E-state index contributed by atoms with van der Waals surface area (Å²) < 4.78 is 6.77. The maximum atomic E-state index is 12.1. The first-order valence-electron chi connectivity index (χ1n) is 7.41.